The molecule has 0 radical (unpaired) electrons. The summed E-state index contributed by atoms with van der Waals surface area (Å²) in [6.07, 6.45) is 1.46. The average Bonchev–Trinajstić information content (AvgIpc) is 2.49. The summed E-state index contributed by atoms with van der Waals surface area (Å²) in [6, 6.07) is 6.93. The Morgan fingerprint density at radius 1 is 1.33 bits per heavy atom. The lowest BCUT2D eigenvalue weighted by atomic mass is 9.99. The predicted octanol–water partition coefficient (Wildman–Crippen LogP) is 3.14. The van der Waals surface area contributed by atoms with E-state index in [1.807, 2.05) is 6.92 Å². The number of benzene rings is 1. The first-order valence-corrected chi connectivity index (χ1v) is 7.46. The molecule has 0 aliphatic carbocycles. The smallest absolute Gasteiger partial charge is 0.314 e. The molecule has 5 nitrogen and oxygen atoms in total. The normalized spacial score (nSPS) is 12.7. The van der Waals surface area contributed by atoms with Crippen LogP contribution in [0.15, 0.2) is 33.8 Å². The lowest BCUT2D eigenvalue weighted by Crippen LogP contribution is -2.27. The van der Waals surface area contributed by atoms with Crippen LogP contribution in [0.25, 0.3) is 0 Å². The second kappa shape index (κ2) is 8.56. The Bertz CT molecular complexity index is 526. The number of carbonyl (C=O) groups excluding carboxylic acids is 2. The molecule has 0 fully saturated rings. The number of hydrazone groups is 1. The molecule has 1 aromatic carbocycles. The van der Waals surface area contributed by atoms with Gasteiger partial charge in [-0.3, -0.25) is 9.59 Å². The fourth-order valence-electron chi connectivity index (χ4n) is 1.81. The van der Waals surface area contributed by atoms with Crippen LogP contribution in [0.2, 0.25) is 0 Å². The average molecular weight is 355 g/mol. The van der Waals surface area contributed by atoms with Crippen LogP contribution in [-0.4, -0.2) is 24.7 Å². The molecule has 1 atom stereocenters. The Balaban J connectivity index is 2.74. The number of halogens is 1. The van der Waals surface area contributed by atoms with E-state index in [1.54, 1.807) is 31.2 Å². The maximum Gasteiger partial charge on any atom is 0.314 e. The highest BCUT2D eigenvalue weighted by Gasteiger charge is 2.21. The molecular formula is C15H19BrN2O3. The second-order valence-electron chi connectivity index (χ2n) is 4.57. The number of nitrogens with one attached hydrogen (secondary N) is 1. The Morgan fingerprint density at radius 3 is 2.48 bits per heavy atom. The second-order valence-corrected chi connectivity index (χ2v) is 5.48. The van der Waals surface area contributed by atoms with Gasteiger partial charge in [-0.15, -0.1) is 0 Å². The van der Waals surface area contributed by atoms with Crippen molar-refractivity contribution < 1.29 is 14.3 Å². The van der Waals surface area contributed by atoms with E-state index in [2.05, 4.69) is 26.5 Å². The Hall–Kier alpha value is -1.69. The van der Waals surface area contributed by atoms with Crippen molar-refractivity contribution in [2.45, 2.75) is 26.7 Å². The first-order chi connectivity index (χ1) is 9.99. The highest BCUT2D eigenvalue weighted by atomic mass is 79.9. The van der Waals surface area contributed by atoms with Crippen LogP contribution in [0.3, 0.4) is 0 Å². The van der Waals surface area contributed by atoms with Crippen LogP contribution in [0.1, 0.15) is 37.0 Å². The van der Waals surface area contributed by atoms with E-state index < -0.39 is 5.92 Å². The first kappa shape index (κ1) is 17.4. The fourth-order valence-corrected chi connectivity index (χ4v) is 2.08. The van der Waals surface area contributed by atoms with Gasteiger partial charge in [-0.05, 0) is 37.6 Å². The maximum absolute atomic E-state index is 11.9. The van der Waals surface area contributed by atoms with Gasteiger partial charge in [-0.2, -0.15) is 5.10 Å². The van der Waals surface area contributed by atoms with Crippen molar-refractivity contribution in [2.24, 2.45) is 11.0 Å². The highest BCUT2D eigenvalue weighted by molar-refractivity contribution is 9.10. The number of esters is 1. The molecule has 0 saturated carbocycles. The third kappa shape index (κ3) is 5.30. The SMILES string of the molecule is CCC[C@H](C(=O)OC)/C(C)=N\NC(=O)c1ccc(Br)cc1. The van der Waals surface area contributed by atoms with Crippen molar-refractivity contribution in [2.75, 3.05) is 7.11 Å². The minimum atomic E-state index is -0.426. The van der Waals surface area contributed by atoms with Crippen molar-refractivity contribution in [3.8, 4) is 0 Å². The Labute approximate surface area is 132 Å². The minimum absolute atomic E-state index is 0.318. The van der Waals surface area contributed by atoms with Gasteiger partial charge in [0.25, 0.3) is 5.91 Å². The molecule has 0 unspecified atom stereocenters. The number of rotatable bonds is 6. The minimum Gasteiger partial charge on any atom is -0.469 e. The van der Waals surface area contributed by atoms with Crippen molar-refractivity contribution in [1.82, 2.24) is 5.43 Å². The zero-order valence-electron chi connectivity index (χ0n) is 12.4. The molecule has 1 aromatic rings. The summed E-state index contributed by atoms with van der Waals surface area (Å²) in [5, 5.41) is 4.02. The molecule has 0 aliphatic heterocycles. The molecule has 1 rings (SSSR count). The number of hydrogen-bond donors (Lipinski definition) is 1. The van der Waals surface area contributed by atoms with Gasteiger partial charge in [0.05, 0.1) is 13.0 Å². The van der Waals surface area contributed by atoms with Gasteiger partial charge in [-0.1, -0.05) is 29.3 Å². The molecule has 1 amide bonds. The van der Waals surface area contributed by atoms with E-state index in [0.717, 1.165) is 10.9 Å². The van der Waals surface area contributed by atoms with Crippen molar-refractivity contribution in [3.63, 3.8) is 0 Å². The molecule has 0 aromatic heterocycles. The summed E-state index contributed by atoms with van der Waals surface area (Å²) in [7, 11) is 1.35. The zero-order chi connectivity index (χ0) is 15.8. The van der Waals surface area contributed by atoms with Crippen LogP contribution in [-0.2, 0) is 9.53 Å². The number of carbonyl (C=O) groups is 2. The van der Waals surface area contributed by atoms with Gasteiger partial charge in [0, 0.05) is 15.7 Å². The van der Waals surface area contributed by atoms with Crippen LogP contribution < -0.4 is 5.43 Å². The molecule has 1 N–H and O–H groups in total. The number of amides is 1. The van der Waals surface area contributed by atoms with E-state index in [9.17, 15) is 9.59 Å². The lowest BCUT2D eigenvalue weighted by Gasteiger charge is -2.13. The summed E-state index contributed by atoms with van der Waals surface area (Å²) < 4.78 is 5.65. The highest BCUT2D eigenvalue weighted by Crippen LogP contribution is 2.12. The number of hydrogen-bond acceptors (Lipinski definition) is 4. The van der Waals surface area contributed by atoms with E-state index in [0.29, 0.717) is 17.7 Å². The topological polar surface area (TPSA) is 67.8 Å². The van der Waals surface area contributed by atoms with Crippen molar-refractivity contribution >= 4 is 33.5 Å². The Morgan fingerprint density at radius 2 is 1.95 bits per heavy atom. The van der Waals surface area contributed by atoms with E-state index in [-0.39, 0.29) is 11.9 Å². The van der Waals surface area contributed by atoms with Gasteiger partial charge in [0.15, 0.2) is 0 Å². The predicted molar refractivity (Wildman–Crippen MR) is 85.1 cm³/mol. The summed E-state index contributed by atoms with van der Waals surface area (Å²) in [5.41, 5.74) is 3.50. The van der Waals surface area contributed by atoms with Gasteiger partial charge in [0.2, 0.25) is 0 Å². The molecule has 0 saturated heterocycles. The molecule has 6 heteroatoms. The van der Waals surface area contributed by atoms with Crippen LogP contribution in [0.4, 0.5) is 0 Å². The molecule has 0 bridgehead atoms. The van der Waals surface area contributed by atoms with Crippen LogP contribution in [0, 0.1) is 5.92 Å². The first-order valence-electron chi connectivity index (χ1n) is 6.67. The van der Waals surface area contributed by atoms with Gasteiger partial charge in [0.1, 0.15) is 0 Å². The lowest BCUT2D eigenvalue weighted by molar-refractivity contribution is -0.143. The van der Waals surface area contributed by atoms with E-state index in [4.69, 9.17) is 4.74 Å². The summed E-state index contributed by atoms with van der Waals surface area (Å²) in [4.78, 5) is 23.6. The van der Waals surface area contributed by atoms with Crippen molar-refractivity contribution in [3.05, 3.63) is 34.3 Å². The largest absolute Gasteiger partial charge is 0.469 e. The quantitative estimate of drug-likeness (QED) is 0.484. The number of ether oxygens (including phenoxy) is 1. The third-order valence-electron chi connectivity index (χ3n) is 3.01. The van der Waals surface area contributed by atoms with Crippen LogP contribution >= 0.6 is 15.9 Å². The number of nitrogens with zero attached hydrogens (tertiary/aromatic N) is 1. The summed E-state index contributed by atoms with van der Waals surface area (Å²) >= 11 is 3.31. The fraction of sp³-hybridized carbons (Fsp3) is 0.400. The third-order valence-corrected chi connectivity index (χ3v) is 3.54. The van der Waals surface area contributed by atoms with Crippen LogP contribution in [0.5, 0.6) is 0 Å². The zero-order valence-corrected chi connectivity index (χ0v) is 13.9. The summed E-state index contributed by atoms with van der Waals surface area (Å²) in [6.45, 7) is 3.68. The monoisotopic (exact) mass is 354 g/mol. The van der Waals surface area contributed by atoms with Crippen molar-refractivity contribution in [1.29, 1.82) is 0 Å². The molecule has 0 heterocycles. The van der Waals surface area contributed by atoms with E-state index in [1.165, 1.54) is 7.11 Å². The number of methoxy groups -OCH3 is 1. The van der Waals surface area contributed by atoms with Gasteiger partial charge < -0.3 is 4.74 Å². The van der Waals surface area contributed by atoms with Gasteiger partial charge >= 0.3 is 5.97 Å². The molecule has 114 valence electrons. The maximum atomic E-state index is 11.9. The molecule has 0 aliphatic rings. The molecular weight excluding hydrogens is 336 g/mol. The Kier molecular flexibility index (Phi) is 7.08. The van der Waals surface area contributed by atoms with Gasteiger partial charge in [-0.25, -0.2) is 5.43 Å². The molecule has 0 spiro atoms. The van der Waals surface area contributed by atoms with E-state index >= 15 is 0 Å². The standard InChI is InChI=1S/C15H19BrN2O3/c1-4-5-13(15(20)21-3)10(2)17-18-14(19)11-6-8-12(16)9-7-11/h6-9,13H,4-5H2,1-3H3,(H,18,19)/b17-10-/t13-/m0/s1. The molecule has 21 heavy (non-hydrogen) atoms. The summed E-state index contributed by atoms with van der Waals surface area (Å²) in [5.74, 6) is -1.08.